The monoisotopic (exact) mass is 442 g/mol. The second-order valence-corrected chi connectivity index (χ2v) is 11.5. The van der Waals surface area contributed by atoms with Crippen LogP contribution in [-0.4, -0.2) is 23.3 Å². The maximum Gasteiger partial charge on any atom is 0.302 e. The van der Waals surface area contributed by atoms with Crippen molar-refractivity contribution in [2.45, 2.75) is 111 Å². The van der Waals surface area contributed by atoms with Crippen LogP contribution in [0.5, 0.6) is 0 Å². The Morgan fingerprint density at radius 1 is 1.25 bits per heavy atom. The lowest BCUT2D eigenvalue weighted by Gasteiger charge is -2.44. The summed E-state index contributed by atoms with van der Waals surface area (Å²) in [6.45, 7) is 15.3. The Morgan fingerprint density at radius 3 is 2.69 bits per heavy atom. The van der Waals surface area contributed by atoms with Crippen LogP contribution in [0, 0.1) is 29.1 Å². The van der Waals surface area contributed by atoms with E-state index in [1.807, 2.05) is 0 Å². The van der Waals surface area contributed by atoms with Crippen LogP contribution >= 0.6 is 0 Å². The van der Waals surface area contributed by atoms with Gasteiger partial charge in [0.1, 0.15) is 6.10 Å². The Labute approximate surface area is 196 Å². The minimum Gasteiger partial charge on any atom is -0.462 e. The minimum absolute atomic E-state index is 0.253. The summed E-state index contributed by atoms with van der Waals surface area (Å²) in [4.78, 5) is 11.4. The summed E-state index contributed by atoms with van der Waals surface area (Å²) in [6.07, 6.45) is 15.3. The molecule has 0 unspecified atom stereocenters. The van der Waals surface area contributed by atoms with E-state index in [2.05, 4.69) is 46.4 Å². The molecule has 0 amide bonds. The normalized spacial score (nSPS) is 36.5. The smallest absolute Gasteiger partial charge is 0.302 e. The van der Waals surface area contributed by atoms with Crippen LogP contribution in [0.25, 0.3) is 0 Å². The zero-order valence-electron chi connectivity index (χ0n) is 21.2. The molecule has 3 nitrogen and oxygen atoms in total. The fourth-order valence-corrected chi connectivity index (χ4v) is 7.04. The van der Waals surface area contributed by atoms with E-state index >= 15 is 0 Å². The van der Waals surface area contributed by atoms with Crippen molar-refractivity contribution in [2.24, 2.45) is 29.1 Å². The lowest BCUT2D eigenvalue weighted by atomic mass is 9.60. The number of allylic oxidation sites excluding steroid dienone is 3. The summed E-state index contributed by atoms with van der Waals surface area (Å²) in [7, 11) is 0. The van der Waals surface area contributed by atoms with Crippen LogP contribution in [-0.2, 0) is 9.53 Å². The first-order valence-corrected chi connectivity index (χ1v) is 13.1. The topological polar surface area (TPSA) is 46.5 Å². The van der Waals surface area contributed by atoms with Gasteiger partial charge in [-0.3, -0.25) is 4.79 Å². The second-order valence-electron chi connectivity index (χ2n) is 11.5. The molecule has 3 fully saturated rings. The summed E-state index contributed by atoms with van der Waals surface area (Å²) in [6, 6.07) is 0. The first kappa shape index (κ1) is 25.3. The average molecular weight is 443 g/mol. The van der Waals surface area contributed by atoms with Crippen molar-refractivity contribution in [3.8, 4) is 0 Å². The highest BCUT2D eigenvalue weighted by atomic mass is 16.5. The van der Waals surface area contributed by atoms with Gasteiger partial charge in [0, 0.05) is 19.8 Å². The minimum atomic E-state index is -0.628. The largest absolute Gasteiger partial charge is 0.462 e. The highest BCUT2D eigenvalue weighted by Crippen LogP contribution is 2.60. The van der Waals surface area contributed by atoms with E-state index < -0.39 is 6.10 Å². The molecule has 0 aromatic carbocycles. The third kappa shape index (κ3) is 5.76. The van der Waals surface area contributed by atoms with E-state index in [-0.39, 0.29) is 12.1 Å². The molecule has 0 aromatic heterocycles. The van der Waals surface area contributed by atoms with Gasteiger partial charge in [-0.1, -0.05) is 71.3 Å². The number of hydrogen-bond acceptors (Lipinski definition) is 3. The van der Waals surface area contributed by atoms with Crippen molar-refractivity contribution in [1.82, 2.24) is 0 Å². The Balaban J connectivity index is 1.72. The number of aliphatic hydroxyl groups is 1. The number of carbonyl (C=O) groups excluding carboxylic acids is 1. The zero-order chi connectivity index (χ0) is 23.5. The van der Waals surface area contributed by atoms with Gasteiger partial charge in [-0.2, -0.15) is 0 Å². The maximum absolute atomic E-state index is 11.4. The number of rotatable bonds is 7. The van der Waals surface area contributed by atoms with Crippen LogP contribution < -0.4 is 0 Å². The number of ether oxygens (including phenoxy) is 1. The third-order valence-electron chi connectivity index (χ3n) is 8.75. The molecule has 0 saturated heterocycles. The Kier molecular flexibility index (Phi) is 8.47. The molecule has 3 saturated carbocycles. The van der Waals surface area contributed by atoms with Gasteiger partial charge >= 0.3 is 5.97 Å². The third-order valence-corrected chi connectivity index (χ3v) is 8.75. The summed E-state index contributed by atoms with van der Waals surface area (Å²) < 4.78 is 5.40. The maximum atomic E-state index is 11.4. The van der Waals surface area contributed by atoms with Crippen molar-refractivity contribution in [3.63, 3.8) is 0 Å². The van der Waals surface area contributed by atoms with Crippen molar-refractivity contribution >= 4 is 5.97 Å². The standard InChI is InChI=1S/C29H46O3/c1-19(2)9-7-10-20(3)26-14-15-27-23(11-8-16-29(26,27)6)12-13-24-17-25(32-22(5)30)18-28(31)21(24)4/h12-13,19-20,25-28,31H,4,7-11,14-18H2,1-3,5-6H3/b23-12+,24-13+/t20-,25+,26-,27+,28+,29-/m1/s1. The SMILES string of the molecule is C=C1/C(=C/C=C2\CCC[C@]3(C)[C@@H]([C@H](C)CCCC(C)C)CC[C@@H]23)C[C@H](OC(C)=O)C[C@@H]1O. The van der Waals surface area contributed by atoms with Crippen molar-refractivity contribution in [2.75, 3.05) is 0 Å². The predicted octanol–water partition coefficient (Wildman–Crippen LogP) is 7.16. The first-order valence-electron chi connectivity index (χ1n) is 13.1. The quantitative estimate of drug-likeness (QED) is 0.425. The van der Waals surface area contributed by atoms with E-state index in [1.165, 1.54) is 58.3 Å². The number of hydrogen-bond donors (Lipinski definition) is 1. The predicted molar refractivity (Wildman–Crippen MR) is 132 cm³/mol. The molecule has 3 rings (SSSR count). The van der Waals surface area contributed by atoms with E-state index in [0.29, 0.717) is 24.2 Å². The van der Waals surface area contributed by atoms with Crippen LogP contribution in [0.3, 0.4) is 0 Å². The number of aliphatic hydroxyl groups excluding tert-OH is 1. The molecular formula is C29H46O3. The Hall–Kier alpha value is -1.35. The molecule has 32 heavy (non-hydrogen) atoms. The zero-order valence-corrected chi connectivity index (χ0v) is 21.2. The summed E-state index contributed by atoms with van der Waals surface area (Å²) in [5, 5.41) is 10.4. The second kappa shape index (κ2) is 10.7. The van der Waals surface area contributed by atoms with Crippen LogP contribution in [0.2, 0.25) is 0 Å². The van der Waals surface area contributed by atoms with Crippen molar-refractivity contribution in [3.05, 3.63) is 35.5 Å². The van der Waals surface area contributed by atoms with E-state index in [4.69, 9.17) is 4.74 Å². The Bertz CT molecular complexity index is 746. The molecule has 0 bridgehead atoms. The lowest BCUT2D eigenvalue weighted by Crippen LogP contribution is -2.36. The number of carbonyl (C=O) groups is 1. The molecule has 0 aliphatic heterocycles. The van der Waals surface area contributed by atoms with Crippen LogP contribution in [0.15, 0.2) is 35.5 Å². The highest BCUT2D eigenvalue weighted by molar-refractivity contribution is 5.66. The number of fused-ring (bicyclic) bond motifs is 1. The lowest BCUT2D eigenvalue weighted by molar-refractivity contribution is -0.147. The molecule has 1 N–H and O–H groups in total. The van der Waals surface area contributed by atoms with Gasteiger partial charge in [0.15, 0.2) is 0 Å². The van der Waals surface area contributed by atoms with Gasteiger partial charge in [0.05, 0.1) is 6.10 Å². The molecule has 0 aromatic rings. The Morgan fingerprint density at radius 2 is 2.00 bits per heavy atom. The molecule has 0 spiro atoms. The van der Waals surface area contributed by atoms with Crippen LogP contribution in [0.4, 0.5) is 0 Å². The highest BCUT2D eigenvalue weighted by Gasteiger charge is 2.50. The van der Waals surface area contributed by atoms with Gasteiger partial charge in [-0.05, 0) is 72.3 Å². The fraction of sp³-hybridized carbons (Fsp3) is 0.759. The fourth-order valence-electron chi connectivity index (χ4n) is 7.04. The van der Waals surface area contributed by atoms with Gasteiger partial charge < -0.3 is 9.84 Å². The van der Waals surface area contributed by atoms with Crippen LogP contribution in [0.1, 0.15) is 98.8 Å². The van der Waals surface area contributed by atoms with Crippen molar-refractivity contribution in [1.29, 1.82) is 0 Å². The molecule has 3 aliphatic carbocycles. The van der Waals surface area contributed by atoms with Crippen molar-refractivity contribution < 1.29 is 14.6 Å². The van der Waals surface area contributed by atoms with Gasteiger partial charge in [0.25, 0.3) is 0 Å². The molecule has 3 heteroatoms. The molecule has 180 valence electrons. The van der Waals surface area contributed by atoms with E-state index in [9.17, 15) is 9.90 Å². The first-order chi connectivity index (χ1) is 15.1. The molecule has 0 heterocycles. The molecular weight excluding hydrogens is 396 g/mol. The molecule has 6 atom stereocenters. The molecule has 0 radical (unpaired) electrons. The number of esters is 1. The van der Waals surface area contributed by atoms with E-state index in [1.54, 1.807) is 5.57 Å². The summed E-state index contributed by atoms with van der Waals surface area (Å²) in [5.41, 5.74) is 3.82. The summed E-state index contributed by atoms with van der Waals surface area (Å²) >= 11 is 0. The van der Waals surface area contributed by atoms with Gasteiger partial charge in [-0.15, -0.1) is 0 Å². The average Bonchev–Trinajstić information content (AvgIpc) is 3.06. The van der Waals surface area contributed by atoms with E-state index in [0.717, 1.165) is 28.9 Å². The van der Waals surface area contributed by atoms with Gasteiger partial charge in [0.2, 0.25) is 0 Å². The van der Waals surface area contributed by atoms with Gasteiger partial charge in [-0.25, -0.2) is 0 Å². The molecule has 3 aliphatic rings. The summed E-state index contributed by atoms with van der Waals surface area (Å²) in [5.74, 6) is 2.83.